The lowest BCUT2D eigenvalue weighted by molar-refractivity contribution is -0.308. The predicted octanol–water partition coefficient (Wildman–Crippen LogP) is 1.16. The fraction of sp³-hybridized carbons (Fsp3) is 0.143. The van der Waals surface area contributed by atoms with Crippen molar-refractivity contribution >= 4 is 5.97 Å². The number of hydrogen-bond acceptors (Lipinski definition) is 3. The predicted molar refractivity (Wildman–Crippen MR) is 62.1 cm³/mol. The molecule has 0 spiro atoms. The van der Waals surface area contributed by atoms with Gasteiger partial charge < -0.3 is 9.90 Å². The number of pyridine rings is 1. The van der Waals surface area contributed by atoms with Crippen LogP contribution in [0, 0.1) is 0 Å². The number of carboxylic acids is 1. The van der Waals surface area contributed by atoms with Crippen LogP contribution in [0.4, 0.5) is 0 Å². The first kappa shape index (κ1) is 11.3. The third-order valence-corrected chi connectivity index (χ3v) is 2.68. The maximum Gasteiger partial charge on any atom is 0.0492 e. The summed E-state index contributed by atoms with van der Waals surface area (Å²) in [7, 11) is 0. The lowest BCUT2D eigenvalue weighted by Crippen LogP contribution is -2.31. The third kappa shape index (κ3) is 2.91. The summed E-state index contributed by atoms with van der Waals surface area (Å²) in [6.07, 6.45) is 3.74. The molecule has 1 unspecified atom stereocenters. The summed E-state index contributed by atoms with van der Waals surface area (Å²) < 4.78 is 0. The van der Waals surface area contributed by atoms with Crippen molar-refractivity contribution in [3.05, 3.63) is 66.0 Å². The molecule has 86 valence electrons. The highest BCUT2D eigenvalue weighted by Gasteiger charge is 2.13. The Balaban J connectivity index is 2.23. The number of carboxylic acid groups (broad SMARTS) is 1. The Morgan fingerprint density at radius 1 is 1.12 bits per heavy atom. The second-order valence-electron chi connectivity index (χ2n) is 3.84. The Morgan fingerprint density at radius 2 is 1.76 bits per heavy atom. The van der Waals surface area contributed by atoms with Crippen LogP contribution < -0.4 is 5.11 Å². The highest BCUT2D eigenvalue weighted by molar-refractivity contribution is 5.74. The number of nitrogens with zero attached hydrogens (tertiary/aromatic N) is 1. The van der Waals surface area contributed by atoms with Crippen LogP contribution >= 0.6 is 0 Å². The van der Waals surface area contributed by atoms with Gasteiger partial charge in [0.2, 0.25) is 0 Å². The molecule has 1 heterocycles. The first-order valence-corrected chi connectivity index (χ1v) is 5.42. The number of carbonyl (C=O) groups is 1. The molecule has 0 aliphatic rings. The Kier molecular flexibility index (Phi) is 3.50. The highest BCUT2D eigenvalue weighted by Crippen LogP contribution is 2.19. The monoisotopic (exact) mass is 226 g/mol. The zero-order valence-electron chi connectivity index (χ0n) is 9.24. The van der Waals surface area contributed by atoms with Crippen molar-refractivity contribution in [3.63, 3.8) is 0 Å². The minimum atomic E-state index is -1.05. The largest absolute Gasteiger partial charge is 0.549 e. The van der Waals surface area contributed by atoms with Gasteiger partial charge in [0.05, 0.1) is 0 Å². The maximum atomic E-state index is 11.2. The highest BCUT2D eigenvalue weighted by atomic mass is 16.4. The zero-order valence-corrected chi connectivity index (χ0v) is 9.24. The molecule has 1 aromatic carbocycles. The first-order chi connectivity index (χ1) is 8.27. The van der Waals surface area contributed by atoms with E-state index in [9.17, 15) is 9.90 Å². The molecule has 0 aliphatic heterocycles. The number of carbonyl (C=O) groups excluding carboxylic acids is 1. The molecule has 3 heteroatoms. The van der Waals surface area contributed by atoms with Crippen LogP contribution in [0.2, 0.25) is 0 Å². The van der Waals surface area contributed by atoms with Crippen molar-refractivity contribution in [2.75, 3.05) is 0 Å². The Bertz CT molecular complexity index is 482. The van der Waals surface area contributed by atoms with E-state index in [-0.39, 0.29) is 0 Å². The fourth-order valence-corrected chi connectivity index (χ4v) is 1.78. The lowest BCUT2D eigenvalue weighted by atomic mass is 9.92. The van der Waals surface area contributed by atoms with E-state index in [2.05, 4.69) is 4.98 Å². The molecular formula is C14H12NO2-. The zero-order chi connectivity index (χ0) is 12.1. The number of benzene rings is 1. The molecule has 1 atom stereocenters. The Labute approximate surface area is 99.8 Å². The van der Waals surface area contributed by atoms with E-state index < -0.39 is 11.9 Å². The van der Waals surface area contributed by atoms with Crippen molar-refractivity contribution in [1.82, 2.24) is 4.98 Å². The maximum absolute atomic E-state index is 11.2. The average Bonchev–Trinajstić information content (AvgIpc) is 2.38. The molecule has 0 bridgehead atoms. The minimum Gasteiger partial charge on any atom is -0.549 e. The van der Waals surface area contributed by atoms with Gasteiger partial charge in [0.1, 0.15) is 0 Å². The van der Waals surface area contributed by atoms with Crippen LogP contribution in [0.5, 0.6) is 0 Å². The molecule has 3 nitrogen and oxygen atoms in total. The molecule has 0 saturated carbocycles. The van der Waals surface area contributed by atoms with E-state index in [1.807, 2.05) is 42.5 Å². The fourth-order valence-electron chi connectivity index (χ4n) is 1.78. The topological polar surface area (TPSA) is 53.0 Å². The number of hydrogen-bond donors (Lipinski definition) is 0. The van der Waals surface area contributed by atoms with E-state index >= 15 is 0 Å². The quantitative estimate of drug-likeness (QED) is 0.786. The standard InChI is InChI=1S/C14H13NO2/c16-14(17)13(12-4-2-1-3-5-12)10-11-6-8-15-9-7-11/h1-9,13H,10H2,(H,16,17)/p-1. The van der Waals surface area contributed by atoms with Crippen LogP contribution in [-0.4, -0.2) is 11.0 Å². The van der Waals surface area contributed by atoms with Gasteiger partial charge in [-0.05, 0) is 29.7 Å². The van der Waals surface area contributed by atoms with E-state index in [0.717, 1.165) is 11.1 Å². The summed E-state index contributed by atoms with van der Waals surface area (Å²) in [6.45, 7) is 0. The molecule has 0 amide bonds. The number of aromatic nitrogens is 1. The van der Waals surface area contributed by atoms with Crippen LogP contribution in [0.1, 0.15) is 17.0 Å². The van der Waals surface area contributed by atoms with Gasteiger partial charge in [-0.3, -0.25) is 4.98 Å². The van der Waals surface area contributed by atoms with Crippen LogP contribution in [0.15, 0.2) is 54.9 Å². The molecule has 1 aromatic heterocycles. The summed E-state index contributed by atoms with van der Waals surface area (Å²) in [5, 5.41) is 11.2. The molecule has 0 saturated heterocycles. The van der Waals surface area contributed by atoms with Crippen molar-refractivity contribution in [2.24, 2.45) is 0 Å². The van der Waals surface area contributed by atoms with Crippen molar-refractivity contribution < 1.29 is 9.90 Å². The molecule has 2 aromatic rings. The number of rotatable bonds is 4. The molecule has 0 aliphatic carbocycles. The van der Waals surface area contributed by atoms with Gasteiger partial charge in [0.25, 0.3) is 0 Å². The molecule has 17 heavy (non-hydrogen) atoms. The second kappa shape index (κ2) is 5.25. The van der Waals surface area contributed by atoms with Crippen molar-refractivity contribution in [3.8, 4) is 0 Å². The van der Waals surface area contributed by atoms with Crippen LogP contribution in [0.3, 0.4) is 0 Å². The van der Waals surface area contributed by atoms with Gasteiger partial charge in [-0.15, -0.1) is 0 Å². The number of aliphatic carboxylic acids is 1. The lowest BCUT2D eigenvalue weighted by Gasteiger charge is -2.18. The minimum absolute atomic E-state index is 0.425. The molecule has 0 fully saturated rings. The van der Waals surface area contributed by atoms with E-state index in [0.29, 0.717) is 6.42 Å². The van der Waals surface area contributed by atoms with E-state index in [4.69, 9.17) is 0 Å². The van der Waals surface area contributed by atoms with E-state index in [1.54, 1.807) is 12.4 Å². The molecule has 0 N–H and O–H groups in total. The summed E-state index contributed by atoms with van der Waals surface area (Å²) in [6, 6.07) is 12.8. The summed E-state index contributed by atoms with van der Waals surface area (Å²) in [4.78, 5) is 15.1. The SMILES string of the molecule is O=C([O-])C(Cc1ccncc1)c1ccccc1. The van der Waals surface area contributed by atoms with Gasteiger partial charge in [0, 0.05) is 24.3 Å². The first-order valence-electron chi connectivity index (χ1n) is 5.42. The Morgan fingerprint density at radius 3 is 2.35 bits per heavy atom. The Hall–Kier alpha value is -2.16. The van der Waals surface area contributed by atoms with Crippen molar-refractivity contribution in [2.45, 2.75) is 12.3 Å². The average molecular weight is 226 g/mol. The third-order valence-electron chi connectivity index (χ3n) is 2.68. The van der Waals surface area contributed by atoms with Gasteiger partial charge in [-0.25, -0.2) is 0 Å². The molecular weight excluding hydrogens is 214 g/mol. The van der Waals surface area contributed by atoms with Crippen molar-refractivity contribution in [1.29, 1.82) is 0 Å². The smallest absolute Gasteiger partial charge is 0.0492 e. The molecule has 2 rings (SSSR count). The van der Waals surface area contributed by atoms with E-state index in [1.165, 1.54) is 0 Å². The van der Waals surface area contributed by atoms with Gasteiger partial charge in [0.15, 0.2) is 0 Å². The van der Waals surface area contributed by atoms with Crippen LogP contribution in [0.25, 0.3) is 0 Å². The van der Waals surface area contributed by atoms with Crippen LogP contribution in [-0.2, 0) is 11.2 Å². The normalized spacial score (nSPS) is 12.0. The van der Waals surface area contributed by atoms with Gasteiger partial charge in [-0.1, -0.05) is 30.3 Å². The summed E-state index contributed by atoms with van der Waals surface area (Å²) >= 11 is 0. The second-order valence-corrected chi connectivity index (χ2v) is 3.84. The summed E-state index contributed by atoms with van der Waals surface area (Å²) in [5.41, 5.74) is 1.71. The van der Waals surface area contributed by atoms with Gasteiger partial charge >= 0.3 is 0 Å². The van der Waals surface area contributed by atoms with Gasteiger partial charge in [-0.2, -0.15) is 0 Å². The summed E-state index contributed by atoms with van der Waals surface area (Å²) in [5.74, 6) is -1.66. The molecule has 0 radical (unpaired) electrons.